The minimum absolute atomic E-state index is 0.264. The van der Waals surface area contributed by atoms with Gasteiger partial charge in [0.15, 0.2) is 0 Å². The summed E-state index contributed by atoms with van der Waals surface area (Å²) in [4.78, 5) is 0. The van der Waals surface area contributed by atoms with Crippen LogP contribution in [0.2, 0.25) is 0 Å². The molecule has 17 heavy (non-hydrogen) atoms. The van der Waals surface area contributed by atoms with Crippen molar-refractivity contribution in [3.05, 3.63) is 60.2 Å². The van der Waals surface area contributed by atoms with Gasteiger partial charge in [0.05, 0.1) is 0 Å². The van der Waals surface area contributed by atoms with Gasteiger partial charge in [0.1, 0.15) is 0 Å². The molecule has 0 bridgehead atoms. The van der Waals surface area contributed by atoms with Gasteiger partial charge < -0.3 is 0 Å². The molecule has 0 aliphatic rings. The molecule has 0 N–H and O–H groups in total. The van der Waals surface area contributed by atoms with E-state index in [1.165, 1.54) is 27.1 Å². The summed E-state index contributed by atoms with van der Waals surface area (Å²) in [5.41, 5.74) is 1.30. The van der Waals surface area contributed by atoms with Crippen molar-refractivity contribution in [2.45, 2.75) is 12.2 Å². The lowest BCUT2D eigenvalue weighted by Gasteiger charge is -2.10. The molecule has 0 saturated heterocycles. The summed E-state index contributed by atoms with van der Waals surface area (Å²) in [5.74, 6) is 0. The summed E-state index contributed by atoms with van der Waals surface area (Å²) in [5, 5.41) is 5.46. The Bertz CT molecular complexity index is 683. The Kier molecular flexibility index (Phi) is 2.56. The van der Waals surface area contributed by atoms with Crippen LogP contribution in [-0.4, -0.2) is 0 Å². The molecule has 3 aromatic rings. The first kappa shape index (κ1) is 10.7. The molecule has 0 amide bonds. The van der Waals surface area contributed by atoms with E-state index in [1.54, 1.807) is 0 Å². The van der Waals surface area contributed by atoms with Crippen LogP contribution in [0.1, 0.15) is 17.7 Å². The van der Waals surface area contributed by atoms with Crippen LogP contribution in [-0.2, 0) is 0 Å². The second-order valence-electron chi connectivity index (χ2n) is 4.44. The Hall–Kier alpha value is -1.47. The van der Waals surface area contributed by atoms with E-state index in [1.807, 2.05) is 0 Å². The fourth-order valence-electron chi connectivity index (χ4n) is 2.36. The van der Waals surface area contributed by atoms with E-state index in [4.69, 9.17) is 0 Å². The van der Waals surface area contributed by atoms with Crippen LogP contribution < -0.4 is 0 Å². The van der Waals surface area contributed by atoms with Gasteiger partial charge in [-0.25, -0.2) is 0 Å². The van der Waals surface area contributed by atoms with Crippen molar-refractivity contribution in [1.29, 1.82) is 0 Å². The SMILES string of the molecule is CC(S)c1cccc2cc3ccccc3cc12. The van der Waals surface area contributed by atoms with Gasteiger partial charge in [0.25, 0.3) is 0 Å². The molecular weight excluding hydrogens is 224 g/mol. The predicted octanol–water partition coefficient (Wildman–Crippen LogP) is 4.98. The summed E-state index contributed by atoms with van der Waals surface area (Å²) in [6.45, 7) is 2.12. The molecule has 0 saturated carbocycles. The lowest BCUT2D eigenvalue weighted by Crippen LogP contribution is -1.87. The Morgan fingerprint density at radius 1 is 0.824 bits per heavy atom. The van der Waals surface area contributed by atoms with Crippen molar-refractivity contribution in [2.24, 2.45) is 0 Å². The summed E-state index contributed by atoms with van der Waals surface area (Å²) in [6.07, 6.45) is 0. The summed E-state index contributed by atoms with van der Waals surface area (Å²) in [7, 11) is 0. The van der Waals surface area contributed by atoms with Gasteiger partial charge in [-0.2, -0.15) is 12.6 Å². The molecule has 84 valence electrons. The Morgan fingerprint density at radius 3 is 2.18 bits per heavy atom. The van der Waals surface area contributed by atoms with Crippen molar-refractivity contribution in [3.8, 4) is 0 Å². The molecular formula is C16H14S. The maximum atomic E-state index is 4.56. The minimum atomic E-state index is 0.264. The molecule has 1 unspecified atom stereocenters. The maximum absolute atomic E-state index is 4.56. The van der Waals surface area contributed by atoms with Crippen molar-refractivity contribution < 1.29 is 0 Å². The van der Waals surface area contributed by atoms with Crippen molar-refractivity contribution in [2.75, 3.05) is 0 Å². The molecule has 0 radical (unpaired) electrons. The highest BCUT2D eigenvalue weighted by molar-refractivity contribution is 7.80. The fourth-order valence-corrected chi connectivity index (χ4v) is 2.58. The quantitative estimate of drug-likeness (QED) is 0.448. The van der Waals surface area contributed by atoms with Crippen molar-refractivity contribution >= 4 is 34.2 Å². The van der Waals surface area contributed by atoms with Crippen LogP contribution in [0.15, 0.2) is 54.6 Å². The van der Waals surface area contributed by atoms with E-state index in [0.717, 1.165) is 0 Å². The van der Waals surface area contributed by atoms with Crippen LogP contribution in [0.25, 0.3) is 21.5 Å². The topological polar surface area (TPSA) is 0 Å². The first-order valence-corrected chi connectivity index (χ1v) is 6.37. The third kappa shape index (κ3) is 1.81. The number of rotatable bonds is 1. The van der Waals surface area contributed by atoms with E-state index in [-0.39, 0.29) is 5.25 Å². The second kappa shape index (κ2) is 4.08. The molecule has 0 spiro atoms. The van der Waals surface area contributed by atoms with Crippen LogP contribution in [0, 0.1) is 0 Å². The zero-order chi connectivity index (χ0) is 11.8. The molecule has 0 nitrogen and oxygen atoms in total. The summed E-state index contributed by atoms with van der Waals surface area (Å²) in [6, 6.07) is 19.5. The summed E-state index contributed by atoms with van der Waals surface area (Å²) < 4.78 is 0. The van der Waals surface area contributed by atoms with Crippen LogP contribution in [0.3, 0.4) is 0 Å². The molecule has 1 atom stereocenters. The fraction of sp³-hybridized carbons (Fsp3) is 0.125. The van der Waals surface area contributed by atoms with E-state index in [9.17, 15) is 0 Å². The minimum Gasteiger partial charge on any atom is -0.171 e. The number of hydrogen-bond acceptors (Lipinski definition) is 1. The van der Waals surface area contributed by atoms with E-state index in [0.29, 0.717) is 0 Å². The molecule has 1 heteroatoms. The monoisotopic (exact) mass is 238 g/mol. The first-order valence-electron chi connectivity index (χ1n) is 5.85. The zero-order valence-corrected chi connectivity index (χ0v) is 10.6. The average Bonchev–Trinajstić information content (AvgIpc) is 2.35. The standard InChI is InChI=1S/C16H14S/c1-11(17)15-8-4-7-14-9-12-5-2-3-6-13(12)10-16(14)15/h2-11,17H,1H3. The van der Waals surface area contributed by atoms with E-state index in [2.05, 4.69) is 74.1 Å². The Labute approximate surface area is 107 Å². The van der Waals surface area contributed by atoms with E-state index >= 15 is 0 Å². The van der Waals surface area contributed by atoms with Gasteiger partial charge in [0, 0.05) is 5.25 Å². The number of benzene rings is 3. The van der Waals surface area contributed by atoms with Crippen LogP contribution >= 0.6 is 12.6 Å². The molecule has 0 aliphatic carbocycles. The van der Waals surface area contributed by atoms with Gasteiger partial charge in [-0.3, -0.25) is 0 Å². The highest BCUT2D eigenvalue weighted by Gasteiger charge is 2.06. The molecule has 3 rings (SSSR count). The van der Waals surface area contributed by atoms with Crippen molar-refractivity contribution in [1.82, 2.24) is 0 Å². The van der Waals surface area contributed by atoms with E-state index < -0.39 is 0 Å². The predicted molar refractivity (Wildman–Crippen MR) is 78.9 cm³/mol. The molecule has 0 aliphatic heterocycles. The van der Waals surface area contributed by atoms with Gasteiger partial charge in [-0.05, 0) is 46.2 Å². The summed E-state index contributed by atoms with van der Waals surface area (Å²) >= 11 is 4.56. The Balaban J connectivity index is 2.43. The third-order valence-corrected chi connectivity index (χ3v) is 3.51. The van der Waals surface area contributed by atoms with Gasteiger partial charge in [-0.1, -0.05) is 42.5 Å². The molecule has 0 heterocycles. The molecule has 0 fully saturated rings. The lowest BCUT2D eigenvalue weighted by molar-refractivity contribution is 1.13. The molecule has 0 aromatic heterocycles. The van der Waals surface area contributed by atoms with Crippen molar-refractivity contribution in [3.63, 3.8) is 0 Å². The average molecular weight is 238 g/mol. The Morgan fingerprint density at radius 2 is 1.47 bits per heavy atom. The first-order chi connectivity index (χ1) is 8.25. The largest absolute Gasteiger partial charge is 0.171 e. The van der Waals surface area contributed by atoms with Crippen LogP contribution in [0.4, 0.5) is 0 Å². The highest BCUT2D eigenvalue weighted by Crippen LogP contribution is 2.30. The number of hydrogen-bond donors (Lipinski definition) is 1. The smallest absolute Gasteiger partial charge is 0.0245 e. The number of fused-ring (bicyclic) bond motifs is 2. The van der Waals surface area contributed by atoms with Crippen LogP contribution in [0.5, 0.6) is 0 Å². The number of thiol groups is 1. The third-order valence-electron chi connectivity index (χ3n) is 3.23. The zero-order valence-electron chi connectivity index (χ0n) is 9.72. The molecule has 3 aromatic carbocycles. The van der Waals surface area contributed by atoms with Gasteiger partial charge >= 0.3 is 0 Å². The lowest BCUT2D eigenvalue weighted by atomic mass is 9.98. The maximum Gasteiger partial charge on any atom is 0.0245 e. The second-order valence-corrected chi connectivity index (χ2v) is 5.22. The normalized spacial score (nSPS) is 13.1. The van der Waals surface area contributed by atoms with Gasteiger partial charge in [-0.15, -0.1) is 0 Å². The highest BCUT2D eigenvalue weighted by atomic mass is 32.1. The van der Waals surface area contributed by atoms with Gasteiger partial charge in [0.2, 0.25) is 0 Å².